The van der Waals surface area contributed by atoms with Gasteiger partial charge in [0.05, 0.1) is 0 Å². The predicted octanol–water partition coefficient (Wildman–Crippen LogP) is 4.61. The van der Waals surface area contributed by atoms with E-state index in [1.807, 2.05) is 6.07 Å². The van der Waals surface area contributed by atoms with Crippen molar-refractivity contribution in [2.24, 2.45) is 0 Å². The van der Waals surface area contributed by atoms with Crippen molar-refractivity contribution in [2.45, 2.75) is 25.9 Å². The number of unbranched alkanes of at least 4 members (excludes halogenated alkanes) is 1. The maximum Gasteiger partial charge on any atom is 0.218 e. The van der Waals surface area contributed by atoms with E-state index in [4.69, 9.17) is 4.43 Å². The maximum atomic E-state index is 6.17. The van der Waals surface area contributed by atoms with Gasteiger partial charge in [0.25, 0.3) is 0 Å². The topological polar surface area (TPSA) is 9.23 Å². The lowest BCUT2D eigenvalue weighted by Crippen LogP contribution is -2.44. The number of hydrogen-bond donors (Lipinski definition) is 0. The molecule has 0 saturated carbocycles. The first-order valence-electron chi connectivity index (χ1n) is 7.59. The molecule has 0 heterocycles. The summed E-state index contributed by atoms with van der Waals surface area (Å²) < 4.78 is 6.17. The van der Waals surface area contributed by atoms with Crippen LogP contribution in [0.25, 0.3) is 6.08 Å². The van der Waals surface area contributed by atoms with Crippen molar-refractivity contribution in [3.63, 3.8) is 0 Å². The second-order valence-electron chi connectivity index (χ2n) is 5.68. The van der Waals surface area contributed by atoms with Crippen molar-refractivity contribution >= 4 is 19.6 Å². The number of hydrogen-bond acceptors (Lipinski definition) is 1. The Labute approximate surface area is 129 Å². The van der Waals surface area contributed by atoms with E-state index in [0.29, 0.717) is 0 Å². The minimum absolute atomic E-state index is 0.841. The number of allylic oxidation sites excluding steroid dienone is 1. The number of rotatable bonds is 7. The largest absolute Gasteiger partial charge is 0.413 e. The van der Waals surface area contributed by atoms with Crippen LogP contribution in [0.15, 0.2) is 66.7 Å². The van der Waals surface area contributed by atoms with Crippen molar-refractivity contribution < 1.29 is 4.43 Å². The molecule has 0 amide bonds. The highest BCUT2D eigenvalue weighted by atomic mass is 28.4. The first kappa shape index (κ1) is 15.7. The van der Waals surface area contributed by atoms with Crippen LogP contribution >= 0.6 is 0 Å². The van der Waals surface area contributed by atoms with Gasteiger partial charge in [-0.15, -0.1) is 0 Å². The molecule has 110 valence electrons. The fraction of sp³-hybridized carbons (Fsp3) is 0.263. The van der Waals surface area contributed by atoms with Gasteiger partial charge in [0, 0.05) is 6.61 Å². The van der Waals surface area contributed by atoms with Crippen molar-refractivity contribution in [3.05, 3.63) is 72.3 Å². The third-order valence-corrected chi connectivity index (χ3v) is 6.21. The molecule has 0 atom stereocenters. The van der Waals surface area contributed by atoms with Crippen LogP contribution < -0.4 is 5.19 Å². The quantitative estimate of drug-likeness (QED) is 0.535. The van der Waals surface area contributed by atoms with Crippen LogP contribution in [-0.2, 0) is 4.43 Å². The highest BCUT2D eigenvalue weighted by Crippen LogP contribution is 2.08. The Kier molecular flexibility index (Phi) is 5.97. The van der Waals surface area contributed by atoms with Gasteiger partial charge in [0.2, 0.25) is 8.32 Å². The van der Waals surface area contributed by atoms with Gasteiger partial charge in [-0.3, -0.25) is 0 Å². The molecule has 0 saturated heterocycles. The fourth-order valence-corrected chi connectivity index (χ4v) is 4.05. The van der Waals surface area contributed by atoms with Gasteiger partial charge in [-0.25, -0.2) is 0 Å². The summed E-state index contributed by atoms with van der Waals surface area (Å²) in [5.74, 6) is 0. The van der Waals surface area contributed by atoms with Crippen LogP contribution in [0.4, 0.5) is 0 Å². The van der Waals surface area contributed by atoms with Crippen molar-refractivity contribution in [3.8, 4) is 0 Å². The Bertz CT molecular complexity index is 546. The average Bonchev–Trinajstić information content (AvgIpc) is 2.52. The molecule has 0 fully saturated rings. The molecule has 0 radical (unpaired) electrons. The van der Waals surface area contributed by atoms with Crippen molar-refractivity contribution in [1.29, 1.82) is 0 Å². The monoisotopic (exact) mass is 296 g/mol. The standard InChI is InChI=1S/C19H24OSi/c1-21(2,19-15-9-4-10-16-19)20-17-11-5-8-14-18-12-6-3-7-13-18/h3-4,6-10,12-16H,5,11,17H2,1-2H3/b14-8+. The highest BCUT2D eigenvalue weighted by Gasteiger charge is 2.24. The summed E-state index contributed by atoms with van der Waals surface area (Å²) >= 11 is 0. The van der Waals surface area contributed by atoms with Gasteiger partial charge >= 0.3 is 0 Å². The summed E-state index contributed by atoms with van der Waals surface area (Å²) in [6.07, 6.45) is 6.55. The molecule has 0 bridgehead atoms. The summed E-state index contributed by atoms with van der Waals surface area (Å²) in [7, 11) is -1.73. The molecule has 0 aromatic heterocycles. The molecule has 0 N–H and O–H groups in total. The van der Waals surface area contributed by atoms with E-state index in [-0.39, 0.29) is 0 Å². The lowest BCUT2D eigenvalue weighted by molar-refractivity contribution is 0.310. The van der Waals surface area contributed by atoms with Gasteiger partial charge in [-0.1, -0.05) is 72.8 Å². The first-order chi connectivity index (χ1) is 10.2. The molecular formula is C19H24OSi. The summed E-state index contributed by atoms with van der Waals surface area (Å²) in [4.78, 5) is 0. The third-order valence-electron chi connectivity index (χ3n) is 3.56. The fourth-order valence-electron chi connectivity index (χ4n) is 2.23. The van der Waals surface area contributed by atoms with Gasteiger partial charge in [0.15, 0.2) is 0 Å². The van der Waals surface area contributed by atoms with Crippen LogP contribution in [0.2, 0.25) is 13.1 Å². The molecule has 0 aliphatic heterocycles. The van der Waals surface area contributed by atoms with Gasteiger partial charge in [0.1, 0.15) is 0 Å². The lowest BCUT2D eigenvalue weighted by atomic mass is 10.2. The smallest absolute Gasteiger partial charge is 0.218 e. The zero-order valence-corrected chi connectivity index (χ0v) is 14.0. The van der Waals surface area contributed by atoms with E-state index in [1.54, 1.807) is 0 Å². The molecule has 0 unspecified atom stereocenters. The van der Waals surface area contributed by atoms with E-state index < -0.39 is 8.32 Å². The Hall–Kier alpha value is -1.64. The molecule has 2 heteroatoms. The van der Waals surface area contributed by atoms with Crippen LogP contribution in [0.3, 0.4) is 0 Å². The Morgan fingerprint density at radius 3 is 2.19 bits per heavy atom. The summed E-state index contributed by atoms with van der Waals surface area (Å²) in [6, 6.07) is 21.0. The maximum absolute atomic E-state index is 6.17. The number of benzene rings is 2. The molecule has 1 nitrogen and oxygen atoms in total. The minimum Gasteiger partial charge on any atom is -0.413 e. The van der Waals surface area contributed by atoms with E-state index >= 15 is 0 Å². The lowest BCUT2D eigenvalue weighted by Gasteiger charge is -2.23. The third kappa shape index (κ3) is 5.33. The zero-order chi connectivity index (χ0) is 15.0. The summed E-state index contributed by atoms with van der Waals surface area (Å²) in [5, 5.41) is 1.37. The Balaban J connectivity index is 1.71. The predicted molar refractivity (Wildman–Crippen MR) is 94.2 cm³/mol. The normalized spacial score (nSPS) is 11.9. The van der Waals surface area contributed by atoms with Gasteiger partial charge in [-0.2, -0.15) is 0 Å². The molecule has 0 spiro atoms. The molecule has 21 heavy (non-hydrogen) atoms. The van der Waals surface area contributed by atoms with Gasteiger partial charge in [-0.05, 0) is 36.7 Å². The summed E-state index contributed by atoms with van der Waals surface area (Å²) in [6.45, 7) is 5.37. The van der Waals surface area contributed by atoms with E-state index in [9.17, 15) is 0 Å². The van der Waals surface area contributed by atoms with E-state index in [1.165, 1.54) is 10.8 Å². The molecule has 2 aromatic rings. The van der Waals surface area contributed by atoms with E-state index in [2.05, 4.69) is 79.8 Å². The van der Waals surface area contributed by atoms with Crippen LogP contribution in [-0.4, -0.2) is 14.9 Å². The molecular weight excluding hydrogens is 272 g/mol. The SMILES string of the molecule is C[Si](C)(OCCC/C=C/c1ccccc1)c1ccccc1. The van der Waals surface area contributed by atoms with Gasteiger partial charge < -0.3 is 4.43 Å². The second-order valence-corrected chi connectivity index (χ2v) is 9.57. The van der Waals surface area contributed by atoms with Crippen LogP contribution in [0.5, 0.6) is 0 Å². The molecule has 2 rings (SSSR count). The van der Waals surface area contributed by atoms with Crippen LogP contribution in [0, 0.1) is 0 Å². The minimum atomic E-state index is -1.73. The second kappa shape index (κ2) is 7.96. The molecule has 0 aliphatic rings. The Morgan fingerprint density at radius 1 is 0.905 bits per heavy atom. The Morgan fingerprint density at radius 2 is 1.52 bits per heavy atom. The average molecular weight is 296 g/mol. The molecule has 2 aromatic carbocycles. The highest BCUT2D eigenvalue weighted by molar-refractivity contribution is 6.84. The first-order valence-corrected chi connectivity index (χ1v) is 10.5. The van der Waals surface area contributed by atoms with Crippen LogP contribution in [0.1, 0.15) is 18.4 Å². The van der Waals surface area contributed by atoms with Crippen molar-refractivity contribution in [2.75, 3.05) is 6.61 Å². The van der Waals surface area contributed by atoms with Crippen molar-refractivity contribution in [1.82, 2.24) is 0 Å². The summed E-state index contributed by atoms with van der Waals surface area (Å²) in [5.41, 5.74) is 1.26. The van der Waals surface area contributed by atoms with E-state index in [0.717, 1.165) is 19.4 Å². The zero-order valence-electron chi connectivity index (χ0n) is 13.0. The molecule has 0 aliphatic carbocycles.